The second-order valence-corrected chi connectivity index (χ2v) is 1.96. The minimum atomic E-state index is 0.0923. The van der Waals surface area contributed by atoms with E-state index >= 15 is 0 Å². The predicted molar refractivity (Wildman–Crippen MR) is 44.6 cm³/mol. The third-order valence-electron chi connectivity index (χ3n) is 0.991. The zero-order valence-electron chi connectivity index (χ0n) is 7.62. The minimum Gasteiger partial charge on any atom is -0.448 e. The minimum absolute atomic E-state index is 0.0923. The van der Waals surface area contributed by atoms with Gasteiger partial charge in [-0.25, -0.2) is 5.43 Å². The first kappa shape index (κ1) is 11.2. The van der Waals surface area contributed by atoms with Crippen LogP contribution in [0, 0.1) is 0 Å². The number of hydrogen-bond donors (Lipinski definition) is 2. The van der Waals surface area contributed by atoms with Crippen molar-refractivity contribution in [2.24, 2.45) is 5.10 Å². The molecule has 0 saturated heterocycles. The Labute approximate surface area is 72.4 Å². The first-order valence-corrected chi connectivity index (χ1v) is 4.11. The standard InChI is InChI=1S/C7H16N2O3/c1-3-11-7(12-4-2)9-8-5-6-10/h8,10H,3-6H2,1-2H3/p+1. The second kappa shape index (κ2) is 8.29. The molecule has 5 nitrogen and oxygen atoms in total. The molecule has 0 rings (SSSR count). The summed E-state index contributed by atoms with van der Waals surface area (Å²) < 4.78 is 10.1. The first-order chi connectivity index (χ1) is 5.85. The SMILES string of the molecule is CCOC(=N[NH2+]CCO)OCC. The average Bonchev–Trinajstić information content (AvgIpc) is 2.06. The maximum absolute atomic E-state index is 8.46. The van der Waals surface area contributed by atoms with Crippen molar-refractivity contribution in [1.29, 1.82) is 0 Å². The van der Waals surface area contributed by atoms with Crippen molar-refractivity contribution >= 4 is 6.08 Å². The van der Waals surface area contributed by atoms with E-state index in [1.54, 1.807) is 5.43 Å². The zero-order valence-corrected chi connectivity index (χ0v) is 7.62. The van der Waals surface area contributed by atoms with Crippen LogP contribution in [-0.4, -0.2) is 37.6 Å². The molecule has 0 aliphatic rings. The van der Waals surface area contributed by atoms with Gasteiger partial charge in [-0.2, -0.15) is 0 Å². The Kier molecular flexibility index (Phi) is 7.73. The monoisotopic (exact) mass is 177 g/mol. The number of rotatable bonds is 5. The van der Waals surface area contributed by atoms with Crippen molar-refractivity contribution in [1.82, 2.24) is 0 Å². The summed E-state index contributed by atoms with van der Waals surface area (Å²) in [6.45, 7) is 5.40. The molecule has 0 fully saturated rings. The van der Waals surface area contributed by atoms with Crippen LogP contribution in [0.4, 0.5) is 0 Å². The fraction of sp³-hybridized carbons (Fsp3) is 0.857. The van der Waals surface area contributed by atoms with Gasteiger partial charge in [-0.05, 0) is 18.9 Å². The van der Waals surface area contributed by atoms with E-state index in [9.17, 15) is 0 Å². The number of nitrogens with two attached hydrogens (primary N) is 1. The molecule has 0 atom stereocenters. The first-order valence-electron chi connectivity index (χ1n) is 4.11. The smallest absolute Gasteiger partial charge is 0.436 e. The van der Waals surface area contributed by atoms with Crippen molar-refractivity contribution in [3.05, 3.63) is 0 Å². The fourth-order valence-corrected chi connectivity index (χ4v) is 0.560. The normalized spacial score (nSPS) is 9.25. The molecule has 0 bridgehead atoms. The lowest BCUT2D eigenvalue weighted by Crippen LogP contribution is -2.79. The van der Waals surface area contributed by atoms with Crippen molar-refractivity contribution in [2.75, 3.05) is 26.4 Å². The Morgan fingerprint density at radius 3 is 2.33 bits per heavy atom. The third-order valence-corrected chi connectivity index (χ3v) is 0.991. The zero-order chi connectivity index (χ0) is 9.23. The maximum Gasteiger partial charge on any atom is 0.436 e. The van der Waals surface area contributed by atoms with Crippen molar-refractivity contribution in [3.63, 3.8) is 0 Å². The number of quaternary nitrogens is 1. The highest BCUT2D eigenvalue weighted by Crippen LogP contribution is 1.82. The van der Waals surface area contributed by atoms with Gasteiger partial charge in [0.15, 0.2) is 0 Å². The summed E-state index contributed by atoms with van der Waals surface area (Å²) in [6, 6.07) is 0. The van der Waals surface area contributed by atoms with Crippen LogP contribution in [0.25, 0.3) is 0 Å². The topological polar surface area (TPSA) is 67.7 Å². The van der Waals surface area contributed by atoms with E-state index < -0.39 is 0 Å². The number of hydrogen-bond acceptors (Lipinski definition) is 4. The largest absolute Gasteiger partial charge is 0.448 e. The number of ether oxygens (including phenoxy) is 2. The second-order valence-electron chi connectivity index (χ2n) is 1.96. The molecule has 0 radical (unpaired) electrons. The molecule has 0 aromatic carbocycles. The average molecular weight is 177 g/mol. The molecule has 12 heavy (non-hydrogen) atoms. The third kappa shape index (κ3) is 5.94. The summed E-state index contributed by atoms with van der Waals surface area (Å²) in [4.78, 5) is 0. The number of aliphatic hydroxyl groups excluding tert-OH is 1. The van der Waals surface area contributed by atoms with Crippen LogP contribution in [0.3, 0.4) is 0 Å². The molecule has 72 valence electrons. The van der Waals surface area contributed by atoms with Gasteiger partial charge in [0.2, 0.25) is 0 Å². The molecule has 0 heterocycles. The Bertz CT molecular complexity index is 120. The lowest BCUT2D eigenvalue weighted by atomic mass is 10.7. The van der Waals surface area contributed by atoms with E-state index in [1.165, 1.54) is 0 Å². The van der Waals surface area contributed by atoms with Crippen molar-refractivity contribution in [2.45, 2.75) is 13.8 Å². The Hall–Kier alpha value is -0.810. The van der Waals surface area contributed by atoms with Crippen molar-refractivity contribution < 1.29 is 20.0 Å². The molecular formula is C7H17N2O3+. The lowest BCUT2D eigenvalue weighted by Gasteiger charge is -2.04. The summed E-state index contributed by atoms with van der Waals surface area (Å²) in [5.41, 5.74) is 1.57. The maximum atomic E-state index is 8.46. The fourth-order valence-electron chi connectivity index (χ4n) is 0.560. The van der Waals surface area contributed by atoms with Gasteiger partial charge in [0.25, 0.3) is 0 Å². The van der Waals surface area contributed by atoms with E-state index in [0.717, 1.165) is 0 Å². The summed E-state index contributed by atoms with van der Waals surface area (Å²) >= 11 is 0. The van der Waals surface area contributed by atoms with E-state index in [2.05, 4.69) is 5.10 Å². The predicted octanol–water partition coefficient (Wildman–Crippen LogP) is -1.11. The molecule has 0 aliphatic carbocycles. The molecule has 0 saturated carbocycles. The van der Waals surface area contributed by atoms with Crippen LogP contribution in [-0.2, 0) is 9.47 Å². The van der Waals surface area contributed by atoms with Crippen LogP contribution in [0.1, 0.15) is 13.8 Å². The summed E-state index contributed by atoms with van der Waals surface area (Å²) in [6.07, 6.45) is 0.272. The van der Waals surface area contributed by atoms with Gasteiger partial charge in [-0.1, -0.05) is 0 Å². The van der Waals surface area contributed by atoms with Gasteiger partial charge >= 0.3 is 6.08 Å². The molecule has 3 N–H and O–H groups in total. The molecule has 0 aromatic heterocycles. The van der Waals surface area contributed by atoms with Gasteiger partial charge in [0.1, 0.15) is 6.54 Å². The van der Waals surface area contributed by atoms with Gasteiger partial charge in [-0.3, -0.25) is 0 Å². The van der Waals surface area contributed by atoms with Gasteiger partial charge in [0, 0.05) is 0 Å². The van der Waals surface area contributed by atoms with E-state index in [4.69, 9.17) is 14.6 Å². The molecule has 5 heteroatoms. The van der Waals surface area contributed by atoms with Gasteiger partial charge < -0.3 is 14.6 Å². The lowest BCUT2D eigenvalue weighted by molar-refractivity contribution is -0.663. The quantitative estimate of drug-likeness (QED) is 0.184. The highest BCUT2D eigenvalue weighted by molar-refractivity contribution is 5.65. The Balaban J connectivity index is 3.64. The summed E-state index contributed by atoms with van der Waals surface area (Å²) in [5, 5.41) is 12.3. The van der Waals surface area contributed by atoms with Crippen LogP contribution in [0.15, 0.2) is 5.10 Å². The molecule has 0 spiro atoms. The van der Waals surface area contributed by atoms with Crippen LogP contribution >= 0.6 is 0 Å². The van der Waals surface area contributed by atoms with Crippen LogP contribution < -0.4 is 5.43 Å². The molecule has 0 aliphatic heterocycles. The van der Waals surface area contributed by atoms with Crippen molar-refractivity contribution in [3.8, 4) is 0 Å². The molecule has 0 aromatic rings. The summed E-state index contributed by atoms with van der Waals surface area (Å²) in [5.74, 6) is 0. The highest BCUT2D eigenvalue weighted by atomic mass is 16.7. The van der Waals surface area contributed by atoms with Gasteiger partial charge in [0.05, 0.1) is 19.8 Å². The molecule has 0 amide bonds. The van der Waals surface area contributed by atoms with E-state index in [1.807, 2.05) is 13.8 Å². The van der Waals surface area contributed by atoms with Crippen LogP contribution in [0.5, 0.6) is 0 Å². The number of nitrogens with zero attached hydrogens (tertiary/aromatic N) is 1. The van der Waals surface area contributed by atoms with Crippen LogP contribution in [0.2, 0.25) is 0 Å². The molecule has 0 unspecified atom stereocenters. The summed E-state index contributed by atoms with van der Waals surface area (Å²) in [7, 11) is 0. The number of aliphatic hydroxyl groups is 1. The molecular weight excluding hydrogens is 160 g/mol. The van der Waals surface area contributed by atoms with Gasteiger partial charge in [-0.15, -0.1) is 0 Å². The Morgan fingerprint density at radius 1 is 1.33 bits per heavy atom. The Morgan fingerprint density at radius 2 is 1.92 bits per heavy atom. The van der Waals surface area contributed by atoms with E-state index in [-0.39, 0.29) is 12.7 Å². The highest BCUT2D eigenvalue weighted by Gasteiger charge is 2.00. The van der Waals surface area contributed by atoms with E-state index in [0.29, 0.717) is 19.8 Å².